The molecule has 0 saturated carbocycles. The van der Waals surface area contributed by atoms with Gasteiger partial charge in [0.15, 0.2) is 16.3 Å². The number of aryl methyl sites for hydroxylation is 1. The third-order valence-corrected chi connectivity index (χ3v) is 5.20. The molecule has 0 aliphatic heterocycles. The molecule has 0 aliphatic rings. The number of halogens is 2. The van der Waals surface area contributed by atoms with Crippen molar-refractivity contribution < 1.29 is 4.39 Å². The van der Waals surface area contributed by atoms with Gasteiger partial charge in [-0.1, -0.05) is 41.6 Å². The second-order valence-electron chi connectivity index (χ2n) is 6.09. The fraction of sp³-hybridized carbons (Fsp3) is 0.278. The van der Waals surface area contributed by atoms with E-state index in [1.807, 2.05) is 6.08 Å². The van der Waals surface area contributed by atoms with Crippen LogP contribution in [-0.2, 0) is 20.6 Å². The summed E-state index contributed by atoms with van der Waals surface area (Å²) in [4.78, 5) is 29.5. The first kappa shape index (κ1) is 19.4. The zero-order valence-electron chi connectivity index (χ0n) is 15.1. The van der Waals surface area contributed by atoms with Crippen LogP contribution in [0.2, 0.25) is 0 Å². The SMILES string of the molecule is CC(Cl)=CCSc1nc2c(c(=O)n(C)c(=O)n2C)n1Cc1ccc(F)cc1. The Labute approximate surface area is 163 Å². The van der Waals surface area contributed by atoms with Gasteiger partial charge in [0.25, 0.3) is 5.56 Å². The van der Waals surface area contributed by atoms with Crippen LogP contribution in [0.4, 0.5) is 4.39 Å². The second-order valence-corrected chi connectivity index (χ2v) is 7.67. The number of hydrogen-bond acceptors (Lipinski definition) is 4. The third-order valence-electron chi connectivity index (χ3n) is 4.14. The van der Waals surface area contributed by atoms with Crippen molar-refractivity contribution in [3.8, 4) is 0 Å². The number of benzene rings is 1. The van der Waals surface area contributed by atoms with Gasteiger partial charge in [-0.2, -0.15) is 0 Å². The van der Waals surface area contributed by atoms with E-state index >= 15 is 0 Å². The summed E-state index contributed by atoms with van der Waals surface area (Å²) >= 11 is 7.29. The van der Waals surface area contributed by atoms with Gasteiger partial charge in [-0.05, 0) is 24.6 Å². The van der Waals surface area contributed by atoms with Crippen LogP contribution in [0.1, 0.15) is 12.5 Å². The van der Waals surface area contributed by atoms with E-state index in [0.29, 0.717) is 33.7 Å². The fourth-order valence-corrected chi connectivity index (χ4v) is 3.80. The summed E-state index contributed by atoms with van der Waals surface area (Å²) in [7, 11) is 3.02. The maximum atomic E-state index is 13.2. The number of fused-ring (bicyclic) bond motifs is 1. The van der Waals surface area contributed by atoms with E-state index in [1.54, 1.807) is 30.7 Å². The number of nitrogens with zero attached hydrogens (tertiary/aromatic N) is 4. The molecule has 2 aromatic heterocycles. The Kier molecular flexibility index (Phi) is 5.57. The molecule has 27 heavy (non-hydrogen) atoms. The summed E-state index contributed by atoms with van der Waals surface area (Å²) in [5, 5.41) is 1.24. The molecule has 0 unspecified atom stereocenters. The molecule has 1 aromatic carbocycles. The molecule has 0 N–H and O–H groups in total. The smallest absolute Gasteiger partial charge is 0.309 e. The first-order valence-corrected chi connectivity index (χ1v) is 9.51. The number of aromatic nitrogens is 4. The van der Waals surface area contributed by atoms with Crippen LogP contribution < -0.4 is 11.2 Å². The molecular formula is C18H18ClFN4O2S. The van der Waals surface area contributed by atoms with E-state index in [4.69, 9.17) is 11.6 Å². The fourth-order valence-electron chi connectivity index (χ4n) is 2.69. The molecule has 0 aliphatic carbocycles. The Morgan fingerprint density at radius 1 is 1.22 bits per heavy atom. The van der Waals surface area contributed by atoms with Gasteiger partial charge in [-0.25, -0.2) is 14.2 Å². The Morgan fingerprint density at radius 3 is 2.52 bits per heavy atom. The Balaban J connectivity index is 2.19. The van der Waals surface area contributed by atoms with Crippen molar-refractivity contribution in [3.63, 3.8) is 0 Å². The number of thioether (sulfide) groups is 1. The van der Waals surface area contributed by atoms with Gasteiger partial charge in [0.2, 0.25) is 0 Å². The summed E-state index contributed by atoms with van der Waals surface area (Å²) in [5.74, 6) is 0.237. The zero-order chi connectivity index (χ0) is 19.7. The largest absolute Gasteiger partial charge is 0.332 e. The normalized spacial score (nSPS) is 12.1. The minimum absolute atomic E-state index is 0.319. The summed E-state index contributed by atoms with van der Waals surface area (Å²) in [6.45, 7) is 2.11. The lowest BCUT2D eigenvalue weighted by Gasteiger charge is -2.09. The molecule has 0 saturated heterocycles. The quantitative estimate of drug-likeness (QED) is 0.609. The van der Waals surface area contributed by atoms with E-state index in [9.17, 15) is 14.0 Å². The lowest BCUT2D eigenvalue weighted by Crippen LogP contribution is -2.37. The molecule has 0 amide bonds. The Morgan fingerprint density at radius 2 is 1.89 bits per heavy atom. The number of allylic oxidation sites excluding steroid dienone is 1. The predicted octanol–water partition coefficient (Wildman–Crippen LogP) is 2.86. The molecule has 6 nitrogen and oxygen atoms in total. The van der Waals surface area contributed by atoms with Gasteiger partial charge in [0.05, 0.1) is 6.54 Å². The lowest BCUT2D eigenvalue weighted by molar-refractivity contribution is 0.625. The Bertz CT molecular complexity index is 1140. The highest BCUT2D eigenvalue weighted by Gasteiger charge is 2.19. The highest BCUT2D eigenvalue weighted by Crippen LogP contribution is 2.23. The molecule has 0 fully saturated rings. The molecule has 0 radical (unpaired) electrons. The van der Waals surface area contributed by atoms with E-state index in [1.165, 1.54) is 35.5 Å². The lowest BCUT2D eigenvalue weighted by atomic mass is 10.2. The first-order valence-electron chi connectivity index (χ1n) is 8.15. The van der Waals surface area contributed by atoms with Gasteiger partial charge in [-0.15, -0.1) is 0 Å². The molecule has 3 aromatic rings. The summed E-state index contributed by atoms with van der Waals surface area (Å²) in [6, 6.07) is 6.05. The Hall–Kier alpha value is -2.32. The van der Waals surface area contributed by atoms with Crippen molar-refractivity contribution in [2.75, 3.05) is 5.75 Å². The summed E-state index contributed by atoms with van der Waals surface area (Å²) in [5.41, 5.74) is 0.611. The van der Waals surface area contributed by atoms with Crippen LogP contribution in [0, 0.1) is 5.82 Å². The summed E-state index contributed by atoms with van der Waals surface area (Å²) < 4.78 is 17.4. The van der Waals surface area contributed by atoms with E-state index in [0.717, 1.165) is 10.1 Å². The molecule has 2 heterocycles. The van der Waals surface area contributed by atoms with Crippen LogP contribution in [0.25, 0.3) is 11.2 Å². The molecule has 0 bridgehead atoms. The van der Waals surface area contributed by atoms with Crippen LogP contribution in [-0.4, -0.2) is 24.4 Å². The molecule has 9 heteroatoms. The van der Waals surface area contributed by atoms with Gasteiger partial charge >= 0.3 is 5.69 Å². The van der Waals surface area contributed by atoms with Crippen LogP contribution in [0.5, 0.6) is 0 Å². The highest BCUT2D eigenvalue weighted by molar-refractivity contribution is 7.99. The molecular weight excluding hydrogens is 391 g/mol. The average Bonchev–Trinajstić information content (AvgIpc) is 2.98. The van der Waals surface area contributed by atoms with Crippen molar-refractivity contribution in [3.05, 3.63) is 67.6 Å². The number of hydrogen-bond donors (Lipinski definition) is 0. The van der Waals surface area contributed by atoms with Gasteiger partial charge in [0, 0.05) is 24.9 Å². The minimum atomic E-state index is -0.438. The minimum Gasteiger partial charge on any atom is -0.309 e. The van der Waals surface area contributed by atoms with Crippen LogP contribution in [0.3, 0.4) is 0 Å². The molecule has 0 spiro atoms. The van der Waals surface area contributed by atoms with Gasteiger partial charge < -0.3 is 4.57 Å². The van der Waals surface area contributed by atoms with Crippen molar-refractivity contribution >= 4 is 34.5 Å². The van der Waals surface area contributed by atoms with Gasteiger partial charge in [-0.3, -0.25) is 13.9 Å². The van der Waals surface area contributed by atoms with Crippen molar-refractivity contribution in [1.82, 2.24) is 18.7 Å². The molecule has 3 rings (SSSR count). The zero-order valence-corrected chi connectivity index (χ0v) is 16.6. The second kappa shape index (κ2) is 7.74. The van der Waals surface area contributed by atoms with E-state index in [2.05, 4.69) is 4.98 Å². The average molecular weight is 409 g/mol. The van der Waals surface area contributed by atoms with Gasteiger partial charge in [0.1, 0.15) is 5.82 Å². The number of imidazole rings is 1. The first-order chi connectivity index (χ1) is 12.8. The molecule has 142 valence electrons. The highest BCUT2D eigenvalue weighted by atomic mass is 35.5. The standard InChI is InChI=1S/C18H18ClFN4O2S/c1-11(19)8-9-27-17-21-15-14(16(25)23(3)18(26)22(15)2)24(17)10-12-4-6-13(20)7-5-12/h4-8H,9-10H2,1-3H3. The number of rotatable bonds is 5. The van der Waals surface area contributed by atoms with Crippen molar-refractivity contribution in [1.29, 1.82) is 0 Å². The van der Waals surface area contributed by atoms with E-state index in [-0.39, 0.29) is 5.82 Å². The maximum Gasteiger partial charge on any atom is 0.332 e. The molecule has 0 atom stereocenters. The summed E-state index contributed by atoms with van der Waals surface area (Å²) in [6.07, 6.45) is 1.84. The monoisotopic (exact) mass is 408 g/mol. The topological polar surface area (TPSA) is 61.8 Å². The maximum absolute atomic E-state index is 13.2. The van der Waals surface area contributed by atoms with Crippen molar-refractivity contribution in [2.45, 2.75) is 18.6 Å². The van der Waals surface area contributed by atoms with Crippen molar-refractivity contribution in [2.24, 2.45) is 14.1 Å². The third kappa shape index (κ3) is 3.86. The van der Waals surface area contributed by atoms with Crippen LogP contribution >= 0.6 is 23.4 Å². The predicted molar refractivity (Wildman–Crippen MR) is 106 cm³/mol. The van der Waals surface area contributed by atoms with Crippen LogP contribution in [0.15, 0.2) is 50.1 Å². The van der Waals surface area contributed by atoms with E-state index < -0.39 is 11.2 Å².